The Hall–Kier alpha value is -0.0400. The molecule has 17 heavy (non-hydrogen) atoms. The molecule has 0 aliphatic rings. The summed E-state index contributed by atoms with van der Waals surface area (Å²) in [7, 11) is 0. The lowest BCUT2D eigenvalue weighted by Gasteiger charge is -2.19. The van der Waals surface area contributed by atoms with E-state index in [-0.39, 0.29) is 0 Å². The first-order chi connectivity index (χ1) is 8.28. The van der Waals surface area contributed by atoms with Gasteiger partial charge in [0.05, 0.1) is 0 Å². The molecule has 0 saturated heterocycles. The van der Waals surface area contributed by atoms with Crippen molar-refractivity contribution >= 4 is 0 Å². The normalized spacial score (nSPS) is 14.8. The Morgan fingerprint density at radius 1 is 0.706 bits per heavy atom. The number of hydrogen-bond acceptors (Lipinski definition) is 1. The second kappa shape index (κ2) is 12.4. The number of nitrogens with one attached hydrogen (secondary N) is 1. The zero-order chi connectivity index (χ0) is 12.9. The minimum atomic E-state index is 0.902. The minimum absolute atomic E-state index is 0.902. The molecule has 104 valence electrons. The predicted octanol–water partition coefficient (Wildman–Crippen LogP) is 5.01. The van der Waals surface area contributed by atoms with Gasteiger partial charge in [0.15, 0.2) is 0 Å². The smallest absolute Gasteiger partial charge is 0.00205 e. The third-order valence-electron chi connectivity index (χ3n) is 3.95. The van der Waals surface area contributed by atoms with Crippen molar-refractivity contribution < 1.29 is 0 Å². The van der Waals surface area contributed by atoms with Gasteiger partial charge in [-0.05, 0) is 37.8 Å². The van der Waals surface area contributed by atoms with Gasteiger partial charge in [-0.2, -0.15) is 0 Å². The van der Waals surface area contributed by atoms with Crippen molar-refractivity contribution in [3.63, 3.8) is 0 Å². The molecular weight excluding hydrogens is 206 g/mol. The van der Waals surface area contributed by atoms with E-state index in [4.69, 9.17) is 0 Å². The molecule has 0 saturated carbocycles. The largest absolute Gasteiger partial charge is 0.316 e. The van der Waals surface area contributed by atoms with Crippen LogP contribution in [0.15, 0.2) is 0 Å². The monoisotopic (exact) mass is 241 g/mol. The van der Waals surface area contributed by atoms with Crippen LogP contribution in [0.4, 0.5) is 0 Å². The van der Waals surface area contributed by atoms with E-state index in [1.807, 2.05) is 0 Å². The van der Waals surface area contributed by atoms with E-state index >= 15 is 0 Å². The molecule has 1 N–H and O–H groups in total. The van der Waals surface area contributed by atoms with Gasteiger partial charge in [-0.25, -0.2) is 0 Å². The summed E-state index contributed by atoms with van der Waals surface area (Å²) in [4.78, 5) is 0. The van der Waals surface area contributed by atoms with Gasteiger partial charge in [0.25, 0.3) is 0 Å². The van der Waals surface area contributed by atoms with Crippen molar-refractivity contribution in [3.8, 4) is 0 Å². The predicted molar refractivity (Wildman–Crippen MR) is 79.5 cm³/mol. The standard InChI is InChI=1S/C16H35N/c1-5-9-11-15(7-3)13-17-14-16(8-4)12-10-6-2/h15-17H,5-14H2,1-4H3/t15-,16-/m0/s1. The molecule has 1 heteroatoms. The van der Waals surface area contributed by atoms with E-state index in [2.05, 4.69) is 33.0 Å². The Bertz CT molecular complexity index is 128. The Morgan fingerprint density at radius 2 is 1.12 bits per heavy atom. The summed E-state index contributed by atoms with van der Waals surface area (Å²) in [5.41, 5.74) is 0. The summed E-state index contributed by atoms with van der Waals surface area (Å²) in [5.74, 6) is 1.80. The molecule has 0 rings (SSSR count). The molecule has 0 aromatic carbocycles. The molecule has 0 heterocycles. The van der Waals surface area contributed by atoms with E-state index in [0.717, 1.165) is 11.8 Å². The lowest BCUT2D eigenvalue weighted by molar-refractivity contribution is 0.372. The molecule has 0 radical (unpaired) electrons. The fourth-order valence-electron chi connectivity index (χ4n) is 2.38. The second-order valence-corrected chi connectivity index (χ2v) is 5.49. The van der Waals surface area contributed by atoms with Crippen molar-refractivity contribution in [1.82, 2.24) is 5.32 Å². The van der Waals surface area contributed by atoms with Gasteiger partial charge < -0.3 is 5.32 Å². The molecule has 0 aliphatic carbocycles. The maximum absolute atomic E-state index is 3.71. The maximum Gasteiger partial charge on any atom is -0.00205 e. The van der Waals surface area contributed by atoms with E-state index in [1.54, 1.807) is 0 Å². The van der Waals surface area contributed by atoms with Crippen molar-refractivity contribution in [2.24, 2.45) is 11.8 Å². The number of hydrogen-bond donors (Lipinski definition) is 1. The summed E-state index contributed by atoms with van der Waals surface area (Å²) in [6, 6.07) is 0. The lowest BCUT2D eigenvalue weighted by atomic mass is 9.97. The first kappa shape index (κ1) is 17.0. The van der Waals surface area contributed by atoms with E-state index in [9.17, 15) is 0 Å². The van der Waals surface area contributed by atoms with Crippen LogP contribution in [0.2, 0.25) is 0 Å². The summed E-state index contributed by atoms with van der Waals surface area (Å²) in [6.07, 6.45) is 10.9. The van der Waals surface area contributed by atoms with Crippen LogP contribution in [0, 0.1) is 11.8 Å². The average Bonchev–Trinajstić information content (AvgIpc) is 2.37. The second-order valence-electron chi connectivity index (χ2n) is 5.49. The van der Waals surface area contributed by atoms with Gasteiger partial charge in [-0.3, -0.25) is 0 Å². The van der Waals surface area contributed by atoms with Gasteiger partial charge in [0, 0.05) is 0 Å². The van der Waals surface area contributed by atoms with Crippen LogP contribution in [-0.2, 0) is 0 Å². The van der Waals surface area contributed by atoms with Crippen LogP contribution in [0.1, 0.15) is 79.1 Å². The Morgan fingerprint density at radius 3 is 1.41 bits per heavy atom. The maximum atomic E-state index is 3.71. The molecule has 0 bridgehead atoms. The van der Waals surface area contributed by atoms with Crippen LogP contribution >= 0.6 is 0 Å². The molecule has 0 aromatic heterocycles. The molecule has 0 unspecified atom stereocenters. The highest BCUT2D eigenvalue weighted by atomic mass is 14.9. The van der Waals surface area contributed by atoms with Gasteiger partial charge in [0.2, 0.25) is 0 Å². The summed E-state index contributed by atoms with van der Waals surface area (Å²) < 4.78 is 0. The van der Waals surface area contributed by atoms with Crippen molar-refractivity contribution in [2.45, 2.75) is 79.1 Å². The number of rotatable bonds is 12. The van der Waals surface area contributed by atoms with E-state index in [1.165, 1.54) is 64.5 Å². The van der Waals surface area contributed by atoms with Crippen molar-refractivity contribution in [2.75, 3.05) is 13.1 Å². The summed E-state index contributed by atoms with van der Waals surface area (Å²) >= 11 is 0. The average molecular weight is 241 g/mol. The minimum Gasteiger partial charge on any atom is -0.316 e. The van der Waals surface area contributed by atoms with Crippen molar-refractivity contribution in [1.29, 1.82) is 0 Å². The van der Waals surface area contributed by atoms with Crippen LogP contribution in [0.3, 0.4) is 0 Å². The highest BCUT2D eigenvalue weighted by Crippen LogP contribution is 2.13. The van der Waals surface area contributed by atoms with Crippen LogP contribution in [-0.4, -0.2) is 13.1 Å². The molecule has 2 atom stereocenters. The lowest BCUT2D eigenvalue weighted by Crippen LogP contribution is -2.28. The number of unbranched alkanes of at least 4 members (excludes halogenated alkanes) is 2. The Balaban J connectivity index is 3.61. The van der Waals surface area contributed by atoms with Gasteiger partial charge in [-0.15, -0.1) is 0 Å². The van der Waals surface area contributed by atoms with Crippen LogP contribution < -0.4 is 5.32 Å². The van der Waals surface area contributed by atoms with E-state index in [0.29, 0.717) is 0 Å². The summed E-state index contributed by atoms with van der Waals surface area (Å²) in [5, 5.41) is 3.71. The summed E-state index contributed by atoms with van der Waals surface area (Å²) in [6.45, 7) is 11.7. The molecule has 0 spiro atoms. The SMILES string of the molecule is CCCC[C@H](CC)CNC[C@@H](CC)CCCC. The quantitative estimate of drug-likeness (QED) is 0.506. The zero-order valence-corrected chi connectivity index (χ0v) is 12.7. The van der Waals surface area contributed by atoms with Gasteiger partial charge in [0.1, 0.15) is 0 Å². The molecule has 1 nitrogen and oxygen atoms in total. The topological polar surface area (TPSA) is 12.0 Å². The van der Waals surface area contributed by atoms with Crippen LogP contribution in [0.25, 0.3) is 0 Å². The highest BCUT2D eigenvalue weighted by molar-refractivity contribution is 4.65. The van der Waals surface area contributed by atoms with Gasteiger partial charge >= 0.3 is 0 Å². The Labute approximate surface area is 110 Å². The first-order valence-corrected chi connectivity index (χ1v) is 7.99. The first-order valence-electron chi connectivity index (χ1n) is 7.99. The van der Waals surface area contributed by atoms with Crippen molar-refractivity contribution in [3.05, 3.63) is 0 Å². The fraction of sp³-hybridized carbons (Fsp3) is 1.00. The molecule has 0 aromatic rings. The van der Waals surface area contributed by atoms with Crippen LogP contribution in [0.5, 0.6) is 0 Å². The van der Waals surface area contributed by atoms with E-state index < -0.39 is 0 Å². The molecular formula is C16H35N. The third-order valence-corrected chi connectivity index (χ3v) is 3.95. The third kappa shape index (κ3) is 9.64. The van der Waals surface area contributed by atoms with Gasteiger partial charge in [-0.1, -0.05) is 66.2 Å². The highest BCUT2D eigenvalue weighted by Gasteiger charge is 2.08. The molecule has 0 fully saturated rings. The fourth-order valence-corrected chi connectivity index (χ4v) is 2.38. The Kier molecular flexibility index (Phi) is 12.4. The zero-order valence-electron chi connectivity index (χ0n) is 12.7. The molecule has 0 amide bonds. The molecule has 0 aliphatic heterocycles.